The number of fused-ring (bicyclic) bond motifs is 3. The van der Waals surface area contributed by atoms with Gasteiger partial charge in [-0.15, -0.1) is 0 Å². The zero-order valence-corrected chi connectivity index (χ0v) is 19.1. The first-order chi connectivity index (χ1) is 12.0. The van der Waals surface area contributed by atoms with E-state index in [1.54, 1.807) is 0 Å². The molecule has 0 bridgehead atoms. The van der Waals surface area contributed by atoms with Crippen LogP contribution in [-0.2, 0) is 17.9 Å². The Bertz CT molecular complexity index is 855. The molecule has 3 heterocycles. The fourth-order valence-corrected chi connectivity index (χ4v) is 4.53. The number of amides is 1. The summed E-state index contributed by atoms with van der Waals surface area (Å²) in [7, 11) is 0.204. The van der Waals surface area contributed by atoms with Crippen LogP contribution in [0.4, 0.5) is 0 Å². The van der Waals surface area contributed by atoms with Crippen molar-refractivity contribution < 1.29 is 9.22 Å². The molecule has 0 aliphatic carbocycles. The lowest BCUT2D eigenvalue weighted by atomic mass is 10.0. The van der Waals surface area contributed by atoms with E-state index >= 15 is 0 Å². The third kappa shape index (κ3) is 3.36. The molecule has 1 amide bonds. The van der Waals surface area contributed by atoms with Crippen LogP contribution < -0.4 is 0 Å². The molecule has 142 valence electrons. The van der Waals surface area contributed by atoms with Crippen LogP contribution in [-0.4, -0.2) is 48.4 Å². The van der Waals surface area contributed by atoms with Crippen molar-refractivity contribution in [2.75, 3.05) is 19.7 Å². The molecular formula is C19H28BrN3O2Si. The predicted octanol–water partition coefficient (Wildman–Crippen LogP) is 4.36. The summed E-state index contributed by atoms with van der Waals surface area (Å²) in [6.07, 6.45) is 0.853. The van der Waals surface area contributed by atoms with Gasteiger partial charge in [0.1, 0.15) is 10.3 Å². The van der Waals surface area contributed by atoms with E-state index in [0.717, 1.165) is 39.9 Å². The van der Waals surface area contributed by atoms with E-state index in [1.165, 1.54) is 0 Å². The zero-order chi connectivity index (χ0) is 19.3. The second-order valence-electron chi connectivity index (χ2n) is 8.54. The van der Waals surface area contributed by atoms with E-state index < -0.39 is 8.32 Å². The number of carbonyl (C=O) groups excluding carboxylic acids is 1. The van der Waals surface area contributed by atoms with Crippen LogP contribution in [0, 0.1) is 0 Å². The molecule has 1 aliphatic heterocycles. The van der Waals surface area contributed by atoms with E-state index in [0.29, 0.717) is 13.2 Å². The Labute approximate surface area is 165 Å². The Morgan fingerprint density at radius 1 is 1.31 bits per heavy atom. The number of nitrogens with zero attached hydrogens (tertiary/aromatic N) is 3. The predicted molar refractivity (Wildman–Crippen MR) is 111 cm³/mol. The lowest BCUT2D eigenvalue weighted by Crippen LogP contribution is -2.45. The van der Waals surface area contributed by atoms with Crippen LogP contribution in [0.1, 0.15) is 36.8 Å². The number of hydrogen-bond acceptors (Lipinski definition) is 3. The standard InChI is InChI=1S/C19H28BrN3O2Si/c1-19(2,3)26(5,6)25-12-11-23-10-9-14-16(18(23)24)13-7-8-15(20)21-17(13)22(14)4/h7-8H,9-12H2,1-6H3. The quantitative estimate of drug-likeness (QED) is 0.527. The number of rotatable bonds is 4. The van der Waals surface area contributed by atoms with Crippen molar-refractivity contribution in [1.29, 1.82) is 0 Å². The fourth-order valence-electron chi connectivity index (χ4n) is 3.20. The molecule has 7 heteroatoms. The maximum atomic E-state index is 13.1. The zero-order valence-electron chi connectivity index (χ0n) is 16.5. The van der Waals surface area contributed by atoms with Gasteiger partial charge in [0.05, 0.1) is 12.2 Å². The number of aromatic nitrogens is 2. The van der Waals surface area contributed by atoms with E-state index in [2.05, 4.69) is 59.3 Å². The van der Waals surface area contributed by atoms with Crippen LogP contribution in [0.3, 0.4) is 0 Å². The molecule has 0 fully saturated rings. The molecule has 26 heavy (non-hydrogen) atoms. The van der Waals surface area contributed by atoms with Gasteiger partial charge in [-0.2, -0.15) is 0 Å². The summed E-state index contributed by atoms with van der Waals surface area (Å²) in [4.78, 5) is 19.6. The van der Waals surface area contributed by atoms with Crippen LogP contribution in [0.5, 0.6) is 0 Å². The van der Waals surface area contributed by atoms with E-state index in [-0.39, 0.29) is 10.9 Å². The molecule has 0 unspecified atom stereocenters. The van der Waals surface area contributed by atoms with Crippen molar-refractivity contribution in [3.05, 3.63) is 28.0 Å². The van der Waals surface area contributed by atoms with Crippen molar-refractivity contribution in [3.63, 3.8) is 0 Å². The highest BCUT2D eigenvalue weighted by Gasteiger charge is 2.37. The molecule has 1 aliphatic rings. The van der Waals surface area contributed by atoms with E-state index in [1.807, 2.05) is 24.1 Å². The molecular weight excluding hydrogens is 410 g/mol. The Balaban J connectivity index is 1.78. The summed E-state index contributed by atoms with van der Waals surface area (Å²) in [5.41, 5.74) is 2.75. The normalized spacial score (nSPS) is 15.7. The minimum absolute atomic E-state index is 0.0970. The topological polar surface area (TPSA) is 47.4 Å². The second kappa shape index (κ2) is 6.76. The van der Waals surface area contributed by atoms with Gasteiger partial charge in [-0.1, -0.05) is 20.8 Å². The number of aryl methyl sites for hydroxylation is 1. The number of pyridine rings is 1. The van der Waals surface area contributed by atoms with Crippen LogP contribution in [0.15, 0.2) is 16.7 Å². The highest BCUT2D eigenvalue weighted by molar-refractivity contribution is 9.10. The SMILES string of the molecule is Cn1c2c(c3ccc(Br)nc31)C(=O)N(CCO[Si](C)(C)C(C)(C)C)CC2. The van der Waals surface area contributed by atoms with Crippen molar-refractivity contribution >= 4 is 41.2 Å². The maximum absolute atomic E-state index is 13.1. The van der Waals surface area contributed by atoms with Crippen molar-refractivity contribution in [3.8, 4) is 0 Å². The first-order valence-corrected chi connectivity index (χ1v) is 12.8. The van der Waals surface area contributed by atoms with Gasteiger partial charge in [0.25, 0.3) is 5.91 Å². The van der Waals surface area contributed by atoms with Gasteiger partial charge < -0.3 is 13.9 Å². The molecule has 0 radical (unpaired) electrons. The lowest BCUT2D eigenvalue weighted by molar-refractivity contribution is 0.0709. The minimum atomic E-state index is -1.79. The van der Waals surface area contributed by atoms with Gasteiger partial charge in [-0.05, 0) is 46.2 Å². The van der Waals surface area contributed by atoms with Crippen LogP contribution in [0.2, 0.25) is 18.1 Å². The first-order valence-electron chi connectivity index (χ1n) is 9.10. The van der Waals surface area contributed by atoms with E-state index in [9.17, 15) is 4.79 Å². The summed E-state index contributed by atoms with van der Waals surface area (Å²) in [6, 6.07) is 3.88. The third-order valence-corrected chi connectivity index (χ3v) is 10.9. The summed E-state index contributed by atoms with van der Waals surface area (Å²) >= 11 is 3.42. The fraction of sp³-hybridized carbons (Fsp3) is 0.579. The highest BCUT2D eigenvalue weighted by atomic mass is 79.9. The van der Waals surface area contributed by atoms with Gasteiger partial charge in [-0.3, -0.25) is 4.79 Å². The number of carbonyl (C=O) groups is 1. The Hall–Kier alpha value is -1.18. The van der Waals surface area contributed by atoms with Crippen LogP contribution >= 0.6 is 15.9 Å². The average Bonchev–Trinajstić information content (AvgIpc) is 2.81. The summed E-state index contributed by atoms with van der Waals surface area (Å²) < 4.78 is 9.10. The molecule has 0 N–H and O–H groups in total. The lowest BCUT2D eigenvalue weighted by Gasteiger charge is -2.37. The molecule has 3 rings (SSSR count). The molecule has 2 aromatic rings. The Morgan fingerprint density at radius 2 is 2.00 bits per heavy atom. The Kier molecular flexibility index (Phi) is 5.09. The third-order valence-electron chi connectivity index (χ3n) is 5.87. The Morgan fingerprint density at radius 3 is 2.65 bits per heavy atom. The van der Waals surface area contributed by atoms with Gasteiger partial charge in [0, 0.05) is 37.6 Å². The monoisotopic (exact) mass is 437 g/mol. The number of halogens is 1. The van der Waals surface area contributed by atoms with Gasteiger partial charge in [-0.25, -0.2) is 4.98 Å². The summed E-state index contributed by atoms with van der Waals surface area (Å²) in [5, 5.41) is 1.12. The second-order valence-corrected chi connectivity index (χ2v) is 14.2. The smallest absolute Gasteiger partial charge is 0.256 e. The van der Waals surface area contributed by atoms with Crippen molar-refractivity contribution in [1.82, 2.24) is 14.5 Å². The summed E-state index contributed by atoms with van der Waals surface area (Å²) in [5.74, 6) is 0.0970. The molecule has 0 saturated carbocycles. The molecule has 0 atom stereocenters. The molecule has 0 spiro atoms. The molecule has 0 aromatic carbocycles. The number of hydrogen-bond donors (Lipinski definition) is 0. The molecule has 5 nitrogen and oxygen atoms in total. The molecule has 2 aromatic heterocycles. The van der Waals surface area contributed by atoms with Gasteiger partial charge >= 0.3 is 0 Å². The maximum Gasteiger partial charge on any atom is 0.256 e. The van der Waals surface area contributed by atoms with Crippen molar-refractivity contribution in [2.45, 2.75) is 45.3 Å². The molecule has 0 saturated heterocycles. The summed E-state index contributed by atoms with van der Waals surface area (Å²) in [6.45, 7) is 13.2. The van der Waals surface area contributed by atoms with Gasteiger partial charge in [0.2, 0.25) is 0 Å². The largest absolute Gasteiger partial charge is 0.415 e. The van der Waals surface area contributed by atoms with E-state index in [4.69, 9.17) is 4.43 Å². The van der Waals surface area contributed by atoms with Gasteiger partial charge in [0.15, 0.2) is 8.32 Å². The highest BCUT2D eigenvalue weighted by Crippen LogP contribution is 2.36. The van der Waals surface area contributed by atoms with Crippen molar-refractivity contribution in [2.24, 2.45) is 7.05 Å². The average molecular weight is 438 g/mol. The van der Waals surface area contributed by atoms with Crippen LogP contribution in [0.25, 0.3) is 11.0 Å². The minimum Gasteiger partial charge on any atom is -0.415 e. The first kappa shape index (κ1) is 19.6.